The standard InChI is InChI=1S/C12H19N7O/c1-13-10-16-11(15-8-6-9(20)14-7-8)18-12(17-10)19-4-2-3-5-19/h8H,2-7H2,1H3,(H,14,20)(H2,13,15,16,17,18). The van der Waals surface area contributed by atoms with Crippen molar-refractivity contribution in [2.24, 2.45) is 0 Å². The first-order valence-corrected chi connectivity index (χ1v) is 6.96. The van der Waals surface area contributed by atoms with Crippen LogP contribution in [0.2, 0.25) is 0 Å². The molecular weight excluding hydrogens is 258 g/mol. The molecular formula is C12H19N7O. The number of aromatic nitrogens is 3. The zero-order chi connectivity index (χ0) is 13.9. The quantitative estimate of drug-likeness (QED) is 0.702. The average molecular weight is 277 g/mol. The first kappa shape index (κ1) is 12.9. The van der Waals surface area contributed by atoms with E-state index in [9.17, 15) is 4.79 Å². The third-order valence-corrected chi connectivity index (χ3v) is 3.55. The summed E-state index contributed by atoms with van der Waals surface area (Å²) in [7, 11) is 1.79. The van der Waals surface area contributed by atoms with Gasteiger partial charge in [-0.3, -0.25) is 4.79 Å². The molecule has 2 fully saturated rings. The summed E-state index contributed by atoms with van der Waals surface area (Å²) in [4.78, 5) is 26.5. The number of anilines is 3. The molecule has 8 nitrogen and oxygen atoms in total. The van der Waals surface area contributed by atoms with Gasteiger partial charge in [-0.05, 0) is 12.8 Å². The molecule has 1 aromatic heterocycles. The van der Waals surface area contributed by atoms with Gasteiger partial charge >= 0.3 is 0 Å². The molecule has 0 aliphatic carbocycles. The van der Waals surface area contributed by atoms with Gasteiger partial charge in [0.1, 0.15) is 0 Å². The fraction of sp³-hybridized carbons (Fsp3) is 0.667. The van der Waals surface area contributed by atoms with E-state index in [0.29, 0.717) is 30.8 Å². The fourth-order valence-electron chi connectivity index (χ4n) is 2.49. The topological polar surface area (TPSA) is 95.1 Å². The van der Waals surface area contributed by atoms with Gasteiger partial charge in [-0.2, -0.15) is 15.0 Å². The molecule has 0 aromatic carbocycles. The van der Waals surface area contributed by atoms with E-state index >= 15 is 0 Å². The molecule has 108 valence electrons. The van der Waals surface area contributed by atoms with Crippen molar-refractivity contribution in [2.45, 2.75) is 25.3 Å². The van der Waals surface area contributed by atoms with E-state index in [4.69, 9.17) is 0 Å². The molecule has 0 saturated carbocycles. The molecule has 1 unspecified atom stereocenters. The number of hydrogen-bond donors (Lipinski definition) is 3. The summed E-state index contributed by atoms with van der Waals surface area (Å²) in [6.07, 6.45) is 2.80. The Morgan fingerprint density at radius 3 is 2.60 bits per heavy atom. The van der Waals surface area contributed by atoms with Gasteiger partial charge in [0, 0.05) is 33.1 Å². The van der Waals surface area contributed by atoms with E-state index in [1.54, 1.807) is 7.05 Å². The van der Waals surface area contributed by atoms with Gasteiger partial charge < -0.3 is 20.9 Å². The number of nitrogens with zero attached hydrogens (tertiary/aromatic N) is 4. The van der Waals surface area contributed by atoms with Crippen molar-refractivity contribution in [3.63, 3.8) is 0 Å². The van der Waals surface area contributed by atoms with Crippen LogP contribution in [-0.4, -0.2) is 53.6 Å². The minimum Gasteiger partial charge on any atom is -0.357 e. The van der Waals surface area contributed by atoms with Crippen molar-refractivity contribution < 1.29 is 4.79 Å². The SMILES string of the molecule is CNc1nc(NC2CNC(=O)C2)nc(N2CCCC2)n1. The Balaban J connectivity index is 1.78. The molecule has 3 heterocycles. The highest BCUT2D eigenvalue weighted by atomic mass is 16.1. The molecule has 2 saturated heterocycles. The Bertz CT molecular complexity index is 501. The number of carbonyl (C=O) groups excluding carboxylic acids is 1. The molecule has 0 radical (unpaired) electrons. The summed E-state index contributed by atoms with van der Waals surface area (Å²) in [5, 5.41) is 8.94. The number of amides is 1. The lowest BCUT2D eigenvalue weighted by Crippen LogP contribution is -2.26. The highest BCUT2D eigenvalue weighted by molar-refractivity contribution is 5.79. The minimum absolute atomic E-state index is 0.0426. The van der Waals surface area contributed by atoms with Crippen molar-refractivity contribution in [3.05, 3.63) is 0 Å². The molecule has 20 heavy (non-hydrogen) atoms. The van der Waals surface area contributed by atoms with Crippen LogP contribution < -0.4 is 20.9 Å². The maximum atomic E-state index is 11.2. The van der Waals surface area contributed by atoms with E-state index in [1.807, 2.05) is 0 Å². The van der Waals surface area contributed by atoms with Crippen molar-refractivity contribution in [1.82, 2.24) is 20.3 Å². The second-order valence-corrected chi connectivity index (χ2v) is 5.08. The first-order chi connectivity index (χ1) is 9.74. The van der Waals surface area contributed by atoms with Crippen molar-refractivity contribution in [1.29, 1.82) is 0 Å². The smallest absolute Gasteiger partial charge is 0.231 e. The van der Waals surface area contributed by atoms with E-state index < -0.39 is 0 Å². The van der Waals surface area contributed by atoms with E-state index in [0.717, 1.165) is 13.1 Å². The van der Waals surface area contributed by atoms with Gasteiger partial charge in [-0.15, -0.1) is 0 Å². The number of rotatable bonds is 4. The summed E-state index contributed by atoms with van der Waals surface area (Å²) in [5.74, 6) is 1.82. The molecule has 1 aromatic rings. The van der Waals surface area contributed by atoms with Crippen LogP contribution in [0, 0.1) is 0 Å². The summed E-state index contributed by atoms with van der Waals surface area (Å²) >= 11 is 0. The Kier molecular flexibility index (Phi) is 3.53. The van der Waals surface area contributed by atoms with Crippen LogP contribution in [0.15, 0.2) is 0 Å². The summed E-state index contributed by atoms with van der Waals surface area (Å²) < 4.78 is 0. The van der Waals surface area contributed by atoms with Crippen LogP contribution in [0.4, 0.5) is 17.8 Å². The predicted octanol–water partition coefficient (Wildman–Crippen LogP) is -0.186. The minimum atomic E-state index is 0.0426. The van der Waals surface area contributed by atoms with Gasteiger partial charge in [0.15, 0.2) is 0 Å². The van der Waals surface area contributed by atoms with E-state index in [2.05, 4.69) is 35.8 Å². The Hall–Kier alpha value is -2.12. The second kappa shape index (κ2) is 5.48. The lowest BCUT2D eigenvalue weighted by molar-refractivity contribution is -0.119. The van der Waals surface area contributed by atoms with Crippen molar-refractivity contribution in [3.8, 4) is 0 Å². The predicted molar refractivity (Wildman–Crippen MR) is 75.9 cm³/mol. The van der Waals surface area contributed by atoms with Gasteiger partial charge in [0.25, 0.3) is 0 Å². The average Bonchev–Trinajstić information content (AvgIpc) is 3.10. The number of carbonyl (C=O) groups is 1. The van der Waals surface area contributed by atoms with E-state index in [1.165, 1.54) is 12.8 Å². The largest absolute Gasteiger partial charge is 0.357 e. The molecule has 1 amide bonds. The van der Waals surface area contributed by atoms with Crippen LogP contribution in [0.25, 0.3) is 0 Å². The Labute approximate surface area is 117 Å². The fourth-order valence-corrected chi connectivity index (χ4v) is 2.49. The normalized spacial score (nSPS) is 21.9. The molecule has 3 rings (SSSR count). The maximum absolute atomic E-state index is 11.2. The maximum Gasteiger partial charge on any atom is 0.231 e. The first-order valence-electron chi connectivity index (χ1n) is 6.96. The van der Waals surface area contributed by atoms with Crippen LogP contribution in [-0.2, 0) is 4.79 Å². The number of hydrogen-bond acceptors (Lipinski definition) is 7. The Morgan fingerprint density at radius 1 is 1.20 bits per heavy atom. The summed E-state index contributed by atoms with van der Waals surface area (Å²) in [6, 6.07) is 0.0426. The highest BCUT2D eigenvalue weighted by Gasteiger charge is 2.23. The summed E-state index contributed by atoms with van der Waals surface area (Å²) in [6.45, 7) is 2.57. The molecule has 3 N–H and O–H groups in total. The third kappa shape index (κ3) is 2.73. The van der Waals surface area contributed by atoms with Crippen LogP contribution >= 0.6 is 0 Å². The zero-order valence-corrected chi connectivity index (χ0v) is 11.5. The van der Waals surface area contributed by atoms with Crippen LogP contribution in [0.1, 0.15) is 19.3 Å². The van der Waals surface area contributed by atoms with Crippen LogP contribution in [0.3, 0.4) is 0 Å². The molecule has 0 spiro atoms. The lowest BCUT2D eigenvalue weighted by Gasteiger charge is -2.17. The molecule has 8 heteroatoms. The third-order valence-electron chi connectivity index (χ3n) is 3.55. The highest BCUT2D eigenvalue weighted by Crippen LogP contribution is 2.19. The Morgan fingerprint density at radius 2 is 1.95 bits per heavy atom. The van der Waals surface area contributed by atoms with Crippen molar-refractivity contribution in [2.75, 3.05) is 42.2 Å². The van der Waals surface area contributed by atoms with Gasteiger partial charge in [-0.25, -0.2) is 0 Å². The van der Waals surface area contributed by atoms with E-state index in [-0.39, 0.29) is 11.9 Å². The second-order valence-electron chi connectivity index (χ2n) is 5.08. The van der Waals surface area contributed by atoms with Gasteiger partial charge in [0.2, 0.25) is 23.8 Å². The van der Waals surface area contributed by atoms with Crippen LogP contribution in [0.5, 0.6) is 0 Å². The molecule has 0 bridgehead atoms. The zero-order valence-electron chi connectivity index (χ0n) is 11.5. The molecule has 2 aliphatic heterocycles. The molecule has 1 atom stereocenters. The molecule has 2 aliphatic rings. The lowest BCUT2D eigenvalue weighted by atomic mass is 10.3. The van der Waals surface area contributed by atoms with Gasteiger partial charge in [0.05, 0.1) is 6.04 Å². The van der Waals surface area contributed by atoms with Gasteiger partial charge in [-0.1, -0.05) is 0 Å². The monoisotopic (exact) mass is 277 g/mol. The van der Waals surface area contributed by atoms with Crippen molar-refractivity contribution >= 4 is 23.8 Å². The summed E-state index contributed by atoms with van der Waals surface area (Å²) in [5.41, 5.74) is 0. The number of nitrogens with one attached hydrogen (secondary N) is 3.